The monoisotopic (exact) mass is 575 g/mol. The van der Waals surface area contributed by atoms with Crippen molar-refractivity contribution in [3.63, 3.8) is 0 Å². The zero-order valence-corrected chi connectivity index (χ0v) is 22.0. The second-order valence-electron chi connectivity index (χ2n) is 10.1. The predicted molar refractivity (Wildman–Crippen MR) is 134 cm³/mol. The second-order valence-corrected chi connectivity index (χ2v) is 12.6. The van der Waals surface area contributed by atoms with Gasteiger partial charge in [-0.2, -0.15) is 0 Å². The van der Waals surface area contributed by atoms with Crippen LogP contribution >= 0.6 is 11.6 Å². The number of unbranched alkanes of at least 4 members (excludes halogenated alkanes) is 1. The minimum absolute atomic E-state index is 0.00821. The quantitative estimate of drug-likeness (QED) is 0.284. The molecule has 4 rings (SSSR count). The molecule has 1 amide bonds. The van der Waals surface area contributed by atoms with Crippen LogP contribution in [0, 0.1) is 29.3 Å². The van der Waals surface area contributed by atoms with Gasteiger partial charge < -0.3 is 20.3 Å². The first-order valence-corrected chi connectivity index (χ1v) is 14.4. The summed E-state index contributed by atoms with van der Waals surface area (Å²) < 4.78 is 72.0. The molecule has 7 nitrogen and oxygen atoms in total. The van der Waals surface area contributed by atoms with Crippen molar-refractivity contribution in [2.45, 2.75) is 55.1 Å². The van der Waals surface area contributed by atoms with E-state index in [4.69, 9.17) is 16.3 Å². The molecule has 0 saturated heterocycles. The topological polar surface area (TPSA) is 113 Å². The van der Waals surface area contributed by atoms with E-state index in [0.29, 0.717) is 38.0 Å². The Morgan fingerprint density at radius 3 is 2.32 bits per heavy atom. The maximum atomic E-state index is 13.4. The van der Waals surface area contributed by atoms with Crippen molar-refractivity contribution in [1.82, 2.24) is 0 Å². The first kappa shape index (κ1) is 28.8. The third kappa shape index (κ3) is 6.34. The number of aliphatic hydroxyl groups excluding tert-OH is 1. The number of halogens is 4. The predicted octanol–water partition coefficient (Wildman–Crippen LogP) is 4.49. The van der Waals surface area contributed by atoms with Gasteiger partial charge in [-0.3, -0.25) is 4.79 Å². The van der Waals surface area contributed by atoms with Crippen molar-refractivity contribution in [3.05, 3.63) is 58.4 Å². The molecule has 208 valence electrons. The summed E-state index contributed by atoms with van der Waals surface area (Å²) >= 11 is 6.11. The molecule has 0 spiro atoms. The number of hydrogen-bond acceptors (Lipinski definition) is 6. The largest absolute Gasteiger partial charge is 0.393 e. The molecule has 0 radical (unpaired) electrons. The fraction of sp³-hybridized carbons (Fsp3) is 0.500. The second kappa shape index (κ2) is 11.5. The summed E-state index contributed by atoms with van der Waals surface area (Å²) in [6.45, 7) is 0.0883. The van der Waals surface area contributed by atoms with Gasteiger partial charge in [0, 0.05) is 30.0 Å². The van der Waals surface area contributed by atoms with Gasteiger partial charge in [-0.25, -0.2) is 21.6 Å². The van der Waals surface area contributed by atoms with E-state index in [0.717, 1.165) is 18.9 Å². The molecule has 2 bridgehead atoms. The highest BCUT2D eigenvalue weighted by Crippen LogP contribution is 2.48. The normalized spacial score (nSPS) is 24.9. The van der Waals surface area contributed by atoms with E-state index in [1.54, 1.807) is 0 Å². The minimum atomic E-state index is -3.87. The highest BCUT2D eigenvalue weighted by atomic mass is 35.5. The van der Waals surface area contributed by atoms with Crippen LogP contribution in [0.25, 0.3) is 0 Å². The average Bonchev–Trinajstić information content (AvgIpc) is 3.11. The standard InChI is InChI=1S/C26H29ClF3NO6S/c27-19-6-5-15(25(33)31-18-10-20(28)23(30)21(29)11-18)9-22(19)38(35,36)8-2-1-7-37-24-16-3-4-17(24)13-26(34,12-16)14-32/h5-6,9-11,16-17,24,32,34H,1-4,7-8,12-14H2,(H,31,33)/t16-,17?,24?,26?/m0/s1. The molecule has 2 aromatic carbocycles. The van der Waals surface area contributed by atoms with Gasteiger partial charge in [-0.15, -0.1) is 0 Å². The van der Waals surface area contributed by atoms with Crippen LogP contribution in [0.5, 0.6) is 0 Å². The molecule has 38 heavy (non-hydrogen) atoms. The van der Waals surface area contributed by atoms with Crippen LogP contribution in [0.3, 0.4) is 0 Å². The number of anilines is 1. The zero-order chi connectivity index (χ0) is 27.7. The number of hydrogen-bond donors (Lipinski definition) is 3. The summed E-state index contributed by atoms with van der Waals surface area (Å²) in [6.07, 6.45) is 3.59. The summed E-state index contributed by atoms with van der Waals surface area (Å²) in [5, 5.41) is 22.0. The van der Waals surface area contributed by atoms with Crippen LogP contribution in [0.4, 0.5) is 18.9 Å². The van der Waals surface area contributed by atoms with Gasteiger partial charge in [0.1, 0.15) is 0 Å². The Morgan fingerprint density at radius 2 is 1.71 bits per heavy atom. The molecule has 4 atom stereocenters. The van der Waals surface area contributed by atoms with Gasteiger partial charge in [0.25, 0.3) is 5.91 Å². The molecule has 3 N–H and O–H groups in total. The molecule has 0 aliphatic heterocycles. The van der Waals surface area contributed by atoms with Crippen LogP contribution in [0.1, 0.15) is 48.9 Å². The van der Waals surface area contributed by atoms with Crippen molar-refractivity contribution in [1.29, 1.82) is 0 Å². The lowest BCUT2D eigenvalue weighted by Crippen LogP contribution is -2.46. The van der Waals surface area contributed by atoms with Crippen LogP contribution in [0.2, 0.25) is 5.02 Å². The Kier molecular flexibility index (Phi) is 8.73. The first-order chi connectivity index (χ1) is 17.9. The number of carbonyl (C=O) groups excluding carboxylic acids is 1. The van der Waals surface area contributed by atoms with Gasteiger partial charge in [-0.1, -0.05) is 11.6 Å². The molecular formula is C26H29ClF3NO6S. The molecule has 0 aromatic heterocycles. The summed E-state index contributed by atoms with van der Waals surface area (Å²) in [5.41, 5.74) is -1.49. The molecular weight excluding hydrogens is 547 g/mol. The Balaban J connectivity index is 1.32. The third-order valence-electron chi connectivity index (χ3n) is 7.30. The lowest BCUT2D eigenvalue weighted by Gasteiger charge is -2.40. The fourth-order valence-electron chi connectivity index (χ4n) is 5.48. The van der Waals surface area contributed by atoms with E-state index < -0.39 is 38.8 Å². The van der Waals surface area contributed by atoms with E-state index in [2.05, 4.69) is 5.32 Å². The fourth-order valence-corrected chi connectivity index (χ4v) is 7.42. The van der Waals surface area contributed by atoms with Crippen molar-refractivity contribution >= 4 is 33.0 Å². The van der Waals surface area contributed by atoms with Gasteiger partial charge in [-0.05, 0) is 68.6 Å². The van der Waals surface area contributed by atoms with Gasteiger partial charge in [0.05, 0.1) is 34.0 Å². The lowest BCUT2D eigenvalue weighted by molar-refractivity contribution is -0.116. The summed E-state index contributed by atoms with van der Waals surface area (Å²) in [4.78, 5) is 12.3. The van der Waals surface area contributed by atoms with Gasteiger partial charge in [0.2, 0.25) is 0 Å². The zero-order valence-electron chi connectivity index (χ0n) is 20.4. The molecule has 2 aliphatic rings. The lowest BCUT2D eigenvalue weighted by atomic mass is 9.76. The molecule has 2 aromatic rings. The van der Waals surface area contributed by atoms with E-state index in [1.807, 2.05) is 0 Å². The number of sulfone groups is 1. The van der Waals surface area contributed by atoms with Crippen LogP contribution in [-0.4, -0.2) is 55.2 Å². The maximum Gasteiger partial charge on any atom is 0.255 e. The van der Waals surface area contributed by atoms with Crippen molar-refractivity contribution in [3.8, 4) is 0 Å². The highest BCUT2D eigenvalue weighted by molar-refractivity contribution is 7.91. The van der Waals surface area contributed by atoms with Gasteiger partial charge in [0.15, 0.2) is 27.3 Å². The SMILES string of the molecule is O=C(Nc1cc(F)c(F)c(F)c1)c1ccc(Cl)c(S(=O)(=O)CCCCOC2C3CC[C@H]2CC(O)(CO)C3)c1. The van der Waals surface area contributed by atoms with E-state index in [9.17, 15) is 36.6 Å². The van der Waals surface area contributed by atoms with Crippen LogP contribution < -0.4 is 5.32 Å². The number of aliphatic hydroxyl groups is 2. The number of benzene rings is 2. The number of amides is 1. The summed E-state index contributed by atoms with van der Waals surface area (Å²) in [6, 6.07) is 4.80. The highest BCUT2D eigenvalue weighted by Gasteiger charge is 2.49. The summed E-state index contributed by atoms with van der Waals surface area (Å²) in [7, 11) is -3.87. The van der Waals surface area contributed by atoms with E-state index in [1.165, 1.54) is 12.1 Å². The van der Waals surface area contributed by atoms with Crippen LogP contribution in [0.15, 0.2) is 35.2 Å². The molecule has 3 unspecified atom stereocenters. The Hall–Kier alpha value is -2.18. The number of nitrogens with one attached hydrogen (secondary N) is 1. The smallest absolute Gasteiger partial charge is 0.255 e. The van der Waals surface area contributed by atoms with Crippen molar-refractivity contribution in [2.75, 3.05) is 24.3 Å². The number of carbonyl (C=O) groups is 1. The molecule has 2 aliphatic carbocycles. The van der Waals surface area contributed by atoms with Crippen molar-refractivity contribution < 1.29 is 41.3 Å². The number of rotatable bonds is 10. The Morgan fingerprint density at radius 1 is 1.08 bits per heavy atom. The molecule has 0 heterocycles. The minimum Gasteiger partial charge on any atom is -0.393 e. The van der Waals surface area contributed by atoms with E-state index >= 15 is 0 Å². The third-order valence-corrected chi connectivity index (χ3v) is 9.58. The number of ether oxygens (including phenoxy) is 1. The Labute approximate surface area is 223 Å². The first-order valence-electron chi connectivity index (χ1n) is 12.4. The van der Waals surface area contributed by atoms with Crippen LogP contribution in [-0.2, 0) is 14.6 Å². The summed E-state index contributed by atoms with van der Waals surface area (Å²) in [5.74, 6) is -5.38. The maximum absolute atomic E-state index is 13.4. The molecule has 2 fully saturated rings. The molecule has 12 heteroatoms. The van der Waals surface area contributed by atoms with E-state index in [-0.39, 0.29) is 57.9 Å². The molecule has 2 saturated carbocycles. The van der Waals surface area contributed by atoms with Crippen molar-refractivity contribution in [2.24, 2.45) is 11.8 Å². The number of fused-ring (bicyclic) bond motifs is 2. The Bertz CT molecular complexity index is 1270. The van der Waals surface area contributed by atoms with Gasteiger partial charge >= 0.3 is 0 Å². The average molecular weight is 576 g/mol.